The molecule has 0 fully saturated rings. The minimum absolute atomic E-state index is 0.0379. The van der Waals surface area contributed by atoms with Crippen LogP contribution in [0.3, 0.4) is 0 Å². The molecular formula is C26H21N3O3S. The van der Waals surface area contributed by atoms with Gasteiger partial charge in [0.15, 0.2) is 5.13 Å². The van der Waals surface area contributed by atoms with Crippen LogP contribution in [0.1, 0.15) is 32.7 Å². The molecule has 0 saturated carbocycles. The van der Waals surface area contributed by atoms with E-state index in [1.165, 1.54) is 11.3 Å². The van der Waals surface area contributed by atoms with Crippen molar-refractivity contribution >= 4 is 44.4 Å². The number of para-hydroxylation sites is 1. The molecule has 0 saturated heterocycles. The van der Waals surface area contributed by atoms with Gasteiger partial charge >= 0.3 is 0 Å². The largest absolute Gasteiger partial charge is 0.288 e. The average molecular weight is 456 g/mol. The van der Waals surface area contributed by atoms with Crippen molar-refractivity contribution < 1.29 is 14.4 Å². The van der Waals surface area contributed by atoms with Crippen LogP contribution < -0.4 is 4.90 Å². The summed E-state index contributed by atoms with van der Waals surface area (Å²) in [5, 5.41) is 0.625. The Morgan fingerprint density at radius 1 is 0.848 bits per heavy atom. The first-order valence-electron chi connectivity index (χ1n) is 10.8. The van der Waals surface area contributed by atoms with Gasteiger partial charge in [0.05, 0.1) is 21.3 Å². The van der Waals surface area contributed by atoms with Crippen molar-refractivity contribution in [3.8, 4) is 0 Å². The number of imide groups is 1. The molecule has 5 rings (SSSR count). The molecule has 0 bridgehead atoms. The maximum absolute atomic E-state index is 13.3. The molecule has 0 N–H and O–H groups in total. The molecule has 3 aromatic carbocycles. The Morgan fingerprint density at radius 2 is 1.48 bits per heavy atom. The molecule has 1 aromatic heterocycles. The lowest BCUT2D eigenvalue weighted by molar-refractivity contribution is -0.118. The van der Waals surface area contributed by atoms with E-state index in [0.717, 1.165) is 20.7 Å². The molecule has 1 aliphatic rings. The molecule has 1 aliphatic heterocycles. The number of hydrogen-bond acceptors (Lipinski definition) is 5. The molecule has 0 spiro atoms. The highest BCUT2D eigenvalue weighted by molar-refractivity contribution is 7.22. The summed E-state index contributed by atoms with van der Waals surface area (Å²) in [5.74, 6) is -0.861. The maximum atomic E-state index is 13.3. The number of fused-ring (bicyclic) bond motifs is 2. The van der Waals surface area contributed by atoms with Gasteiger partial charge in [-0.25, -0.2) is 4.98 Å². The number of thiazole rings is 1. The number of carbonyl (C=O) groups excluding carboxylic acids is 3. The smallest absolute Gasteiger partial charge is 0.261 e. The second-order valence-electron chi connectivity index (χ2n) is 7.80. The first-order chi connectivity index (χ1) is 16.1. The van der Waals surface area contributed by atoms with E-state index in [4.69, 9.17) is 0 Å². The number of amides is 3. The van der Waals surface area contributed by atoms with Crippen LogP contribution in [0.4, 0.5) is 5.13 Å². The van der Waals surface area contributed by atoms with Crippen molar-refractivity contribution in [2.24, 2.45) is 0 Å². The van der Waals surface area contributed by atoms with E-state index in [-0.39, 0.29) is 30.7 Å². The van der Waals surface area contributed by atoms with Crippen LogP contribution in [-0.4, -0.2) is 40.7 Å². The number of benzene rings is 3. The molecular weight excluding hydrogens is 434 g/mol. The number of carbonyl (C=O) groups is 3. The van der Waals surface area contributed by atoms with Crippen LogP contribution in [0.5, 0.6) is 0 Å². The van der Waals surface area contributed by atoms with E-state index in [1.54, 1.807) is 29.2 Å². The van der Waals surface area contributed by atoms with E-state index in [1.807, 2.05) is 54.6 Å². The Morgan fingerprint density at radius 3 is 2.18 bits per heavy atom. The summed E-state index contributed by atoms with van der Waals surface area (Å²) in [7, 11) is 0. The van der Waals surface area contributed by atoms with E-state index < -0.39 is 0 Å². The van der Waals surface area contributed by atoms with Gasteiger partial charge in [-0.3, -0.25) is 24.2 Å². The minimum Gasteiger partial charge on any atom is -0.288 e. The Labute approximate surface area is 195 Å². The van der Waals surface area contributed by atoms with Gasteiger partial charge in [0.2, 0.25) is 5.91 Å². The monoisotopic (exact) mass is 455 g/mol. The van der Waals surface area contributed by atoms with Crippen molar-refractivity contribution in [1.82, 2.24) is 9.88 Å². The van der Waals surface area contributed by atoms with Crippen molar-refractivity contribution in [1.29, 1.82) is 0 Å². The van der Waals surface area contributed by atoms with Gasteiger partial charge in [0.25, 0.3) is 11.8 Å². The van der Waals surface area contributed by atoms with Crippen LogP contribution in [0.15, 0.2) is 78.9 Å². The SMILES string of the molecule is O=C1c2ccccc2C(=O)N1CCC(=O)N(CCc1ccccc1)c1nc2ccccc2s1. The highest BCUT2D eigenvalue weighted by Crippen LogP contribution is 2.29. The molecule has 164 valence electrons. The quantitative estimate of drug-likeness (QED) is 0.383. The molecule has 3 amide bonds. The van der Waals surface area contributed by atoms with Crippen molar-refractivity contribution in [3.05, 3.63) is 95.6 Å². The topological polar surface area (TPSA) is 70.6 Å². The van der Waals surface area contributed by atoms with Gasteiger partial charge in [-0.1, -0.05) is 65.9 Å². The van der Waals surface area contributed by atoms with Crippen LogP contribution in [-0.2, 0) is 11.2 Å². The lowest BCUT2D eigenvalue weighted by Gasteiger charge is -2.21. The van der Waals surface area contributed by atoms with Crippen LogP contribution in [0.25, 0.3) is 10.2 Å². The normalized spacial score (nSPS) is 12.9. The standard InChI is InChI=1S/C26H21N3O3S/c30-23(15-17-29-24(31)19-10-4-5-11-20(19)25(29)32)28(16-14-18-8-2-1-3-9-18)26-27-21-12-6-7-13-22(21)33-26/h1-13H,14-17H2. The summed E-state index contributed by atoms with van der Waals surface area (Å²) in [4.78, 5) is 46.1. The number of nitrogens with zero attached hydrogens (tertiary/aromatic N) is 3. The van der Waals surface area contributed by atoms with Crippen LogP contribution in [0, 0.1) is 0 Å². The van der Waals surface area contributed by atoms with E-state index in [9.17, 15) is 14.4 Å². The fourth-order valence-corrected chi connectivity index (χ4v) is 4.98. The Kier molecular flexibility index (Phi) is 5.71. The van der Waals surface area contributed by atoms with Gasteiger partial charge < -0.3 is 0 Å². The average Bonchev–Trinajstić information content (AvgIpc) is 3.38. The third-order valence-electron chi connectivity index (χ3n) is 5.71. The van der Waals surface area contributed by atoms with E-state index in [0.29, 0.717) is 29.2 Å². The minimum atomic E-state index is -0.348. The molecule has 0 radical (unpaired) electrons. The Balaban J connectivity index is 1.35. The Hall–Kier alpha value is -3.84. The second-order valence-corrected chi connectivity index (χ2v) is 8.81. The zero-order valence-corrected chi connectivity index (χ0v) is 18.6. The lowest BCUT2D eigenvalue weighted by atomic mass is 10.1. The van der Waals surface area contributed by atoms with Crippen molar-refractivity contribution in [3.63, 3.8) is 0 Å². The zero-order valence-electron chi connectivity index (χ0n) is 17.8. The molecule has 7 heteroatoms. The third kappa shape index (κ3) is 4.15. The van der Waals surface area contributed by atoms with E-state index in [2.05, 4.69) is 4.98 Å². The summed E-state index contributed by atoms with van der Waals surface area (Å²) in [6.45, 7) is 0.503. The summed E-state index contributed by atoms with van der Waals surface area (Å²) < 4.78 is 1.00. The summed E-state index contributed by atoms with van der Waals surface area (Å²) in [6.07, 6.45) is 0.714. The maximum Gasteiger partial charge on any atom is 0.261 e. The molecule has 6 nitrogen and oxygen atoms in total. The van der Waals surface area contributed by atoms with Gasteiger partial charge in [0, 0.05) is 19.5 Å². The number of rotatable bonds is 7. The molecule has 4 aromatic rings. The zero-order chi connectivity index (χ0) is 22.8. The fraction of sp³-hybridized carbons (Fsp3) is 0.154. The van der Waals surface area contributed by atoms with Crippen molar-refractivity contribution in [2.45, 2.75) is 12.8 Å². The highest BCUT2D eigenvalue weighted by atomic mass is 32.1. The predicted octanol–water partition coefficient (Wildman–Crippen LogP) is 4.56. The predicted molar refractivity (Wildman–Crippen MR) is 129 cm³/mol. The summed E-state index contributed by atoms with van der Waals surface area (Å²) in [6, 6.07) is 24.5. The molecule has 0 atom stereocenters. The second kappa shape index (κ2) is 8.96. The molecule has 0 aliphatic carbocycles. The number of anilines is 1. The first-order valence-corrected chi connectivity index (χ1v) is 11.6. The fourth-order valence-electron chi connectivity index (χ4n) is 3.97. The number of aromatic nitrogens is 1. The Bertz CT molecular complexity index is 1280. The van der Waals surface area contributed by atoms with Gasteiger partial charge in [0.1, 0.15) is 0 Å². The van der Waals surface area contributed by atoms with Crippen molar-refractivity contribution in [2.75, 3.05) is 18.0 Å². The molecule has 2 heterocycles. The number of hydrogen-bond donors (Lipinski definition) is 0. The van der Waals surface area contributed by atoms with Gasteiger partial charge in [-0.05, 0) is 36.2 Å². The van der Waals surface area contributed by atoms with E-state index >= 15 is 0 Å². The van der Waals surface area contributed by atoms with Gasteiger partial charge in [-0.15, -0.1) is 0 Å². The lowest BCUT2D eigenvalue weighted by Crippen LogP contribution is -2.37. The first kappa shape index (κ1) is 21.0. The molecule has 33 heavy (non-hydrogen) atoms. The summed E-state index contributed by atoms with van der Waals surface area (Å²) in [5.41, 5.74) is 2.75. The summed E-state index contributed by atoms with van der Waals surface area (Å²) >= 11 is 1.46. The third-order valence-corrected chi connectivity index (χ3v) is 6.77. The van der Waals surface area contributed by atoms with Crippen LogP contribution in [0.2, 0.25) is 0 Å². The van der Waals surface area contributed by atoms with Crippen LogP contribution >= 0.6 is 11.3 Å². The van der Waals surface area contributed by atoms with Gasteiger partial charge in [-0.2, -0.15) is 0 Å². The highest BCUT2D eigenvalue weighted by Gasteiger charge is 2.35. The molecule has 0 unspecified atom stereocenters.